The van der Waals surface area contributed by atoms with Gasteiger partial charge in [0.2, 0.25) is 6.29 Å². The number of esters is 2. The summed E-state index contributed by atoms with van der Waals surface area (Å²) in [5.74, 6) is 0.133. The largest absolute Gasteiger partial charge is 0.462 e. The van der Waals surface area contributed by atoms with Gasteiger partial charge < -0.3 is 18.9 Å². The van der Waals surface area contributed by atoms with Gasteiger partial charge in [-0.3, -0.25) is 14.4 Å². The van der Waals surface area contributed by atoms with Gasteiger partial charge >= 0.3 is 11.9 Å². The fourth-order valence-electron chi connectivity index (χ4n) is 10.7. The van der Waals surface area contributed by atoms with Crippen LogP contribution in [0.3, 0.4) is 0 Å². The average molecular weight is 569 g/mol. The average Bonchev–Trinajstić information content (AvgIpc) is 3.15. The molecule has 6 aliphatic rings. The van der Waals surface area contributed by atoms with Crippen molar-refractivity contribution in [1.29, 1.82) is 0 Å². The van der Waals surface area contributed by atoms with Crippen molar-refractivity contribution in [3.63, 3.8) is 0 Å². The smallest absolute Gasteiger partial charge is 0.304 e. The molecule has 2 saturated heterocycles. The molecule has 0 aromatic carbocycles. The fourth-order valence-corrected chi connectivity index (χ4v) is 10.7. The van der Waals surface area contributed by atoms with Crippen LogP contribution in [0, 0.1) is 45.3 Å². The Hall–Kier alpha value is -1.99. The van der Waals surface area contributed by atoms with Crippen LogP contribution >= 0.6 is 0 Å². The maximum atomic E-state index is 13.1. The molecule has 0 bridgehead atoms. The molecule has 2 saturated carbocycles. The minimum atomic E-state index is -0.594. The summed E-state index contributed by atoms with van der Waals surface area (Å²) in [7, 11) is 0. The van der Waals surface area contributed by atoms with Crippen molar-refractivity contribution in [3.05, 3.63) is 23.8 Å². The molecule has 6 rings (SSSR count). The van der Waals surface area contributed by atoms with Crippen LogP contribution in [0.5, 0.6) is 0 Å². The van der Waals surface area contributed by atoms with E-state index in [1.807, 2.05) is 6.08 Å². The Morgan fingerprint density at radius 1 is 0.951 bits per heavy atom. The van der Waals surface area contributed by atoms with Crippen LogP contribution in [0.4, 0.5) is 0 Å². The van der Waals surface area contributed by atoms with Crippen molar-refractivity contribution in [2.24, 2.45) is 45.3 Å². The SMILES string of the molecule is CC(=O)O[C@@H]1O[C@@H]([C@@H]2OC2(C)C)C[C@H]1[C@@H]1CC=C2[C@@]3(C)[C@H](CC[C@]21C)[C@@]1(C)C=CC(=O)C(C)(C)[C@@H]1C[C@H]3OC(C)=O. The van der Waals surface area contributed by atoms with Gasteiger partial charge in [-0.2, -0.15) is 0 Å². The van der Waals surface area contributed by atoms with Crippen LogP contribution in [-0.2, 0) is 33.3 Å². The molecule has 0 spiro atoms. The van der Waals surface area contributed by atoms with E-state index in [1.54, 1.807) is 0 Å². The normalized spacial score (nSPS) is 48.9. The molecule has 7 nitrogen and oxygen atoms in total. The number of fused-ring (bicyclic) bond motifs is 5. The molecule has 11 atom stereocenters. The summed E-state index contributed by atoms with van der Waals surface area (Å²) in [6, 6.07) is 0. The van der Waals surface area contributed by atoms with Crippen LogP contribution in [-0.4, -0.2) is 47.9 Å². The summed E-state index contributed by atoms with van der Waals surface area (Å²) >= 11 is 0. The molecule has 0 amide bonds. The van der Waals surface area contributed by atoms with E-state index < -0.39 is 11.7 Å². The van der Waals surface area contributed by atoms with Crippen molar-refractivity contribution < 1.29 is 33.3 Å². The number of carbonyl (C=O) groups is 3. The number of hydrogen-bond donors (Lipinski definition) is 0. The van der Waals surface area contributed by atoms with E-state index in [4.69, 9.17) is 18.9 Å². The van der Waals surface area contributed by atoms with Gasteiger partial charge in [-0.25, -0.2) is 0 Å². The van der Waals surface area contributed by atoms with Gasteiger partial charge in [-0.15, -0.1) is 0 Å². The Balaban J connectivity index is 1.37. The third kappa shape index (κ3) is 4.07. The molecular weight excluding hydrogens is 520 g/mol. The molecule has 0 aromatic rings. The van der Waals surface area contributed by atoms with Crippen LogP contribution in [0.15, 0.2) is 23.8 Å². The molecule has 0 radical (unpaired) electrons. The van der Waals surface area contributed by atoms with Crippen LogP contribution in [0.25, 0.3) is 0 Å². The van der Waals surface area contributed by atoms with Crippen molar-refractivity contribution in [2.75, 3.05) is 0 Å². The van der Waals surface area contributed by atoms with E-state index in [2.05, 4.69) is 60.6 Å². The molecule has 2 aliphatic heterocycles. The van der Waals surface area contributed by atoms with E-state index in [0.717, 1.165) is 25.7 Å². The minimum Gasteiger partial charge on any atom is -0.462 e. The van der Waals surface area contributed by atoms with Gasteiger partial charge in [0.25, 0.3) is 0 Å². The molecule has 2 heterocycles. The van der Waals surface area contributed by atoms with E-state index in [9.17, 15) is 14.4 Å². The second-order valence-corrected chi connectivity index (χ2v) is 15.6. The van der Waals surface area contributed by atoms with Gasteiger partial charge in [-0.05, 0) is 80.6 Å². The van der Waals surface area contributed by atoms with Crippen LogP contribution < -0.4 is 0 Å². The molecule has 4 aliphatic carbocycles. The highest BCUT2D eigenvalue weighted by atomic mass is 16.7. The highest BCUT2D eigenvalue weighted by molar-refractivity contribution is 5.95. The fraction of sp³-hybridized carbons (Fsp3) is 0.794. The first-order valence-electron chi connectivity index (χ1n) is 15.6. The van der Waals surface area contributed by atoms with Crippen molar-refractivity contribution in [3.8, 4) is 0 Å². The monoisotopic (exact) mass is 568 g/mol. The zero-order valence-corrected chi connectivity index (χ0v) is 26.2. The second-order valence-electron chi connectivity index (χ2n) is 15.6. The molecular formula is C34H48O7. The van der Waals surface area contributed by atoms with E-state index in [1.165, 1.54) is 19.4 Å². The highest BCUT2D eigenvalue weighted by Crippen LogP contribution is 2.73. The molecule has 7 heteroatoms. The highest BCUT2D eigenvalue weighted by Gasteiger charge is 2.69. The minimum absolute atomic E-state index is 0.00757. The van der Waals surface area contributed by atoms with E-state index >= 15 is 0 Å². The summed E-state index contributed by atoms with van der Waals surface area (Å²) in [6.45, 7) is 18.2. The lowest BCUT2D eigenvalue weighted by Gasteiger charge is -2.66. The van der Waals surface area contributed by atoms with E-state index in [0.29, 0.717) is 6.42 Å². The number of ketones is 1. The summed E-state index contributed by atoms with van der Waals surface area (Å²) in [6.07, 6.45) is 9.66. The molecule has 0 N–H and O–H groups in total. The topological polar surface area (TPSA) is 91.4 Å². The number of hydrogen-bond acceptors (Lipinski definition) is 7. The van der Waals surface area contributed by atoms with Gasteiger partial charge in [0.15, 0.2) is 5.78 Å². The lowest BCUT2D eigenvalue weighted by atomic mass is 9.38. The third-order valence-electron chi connectivity index (χ3n) is 12.7. The Labute approximate surface area is 244 Å². The Kier molecular flexibility index (Phi) is 6.40. The summed E-state index contributed by atoms with van der Waals surface area (Å²) < 4.78 is 24.4. The first-order valence-corrected chi connectivity index (χ1v) is 15.6. The molecule has 226 valence electrons. The third-order valence-corrected chi connectivity index (χ3v) is 12.7. The zero-order valence-electron chi connectivity index (χ0n) is 26.2. The van der Waals surface area contributed by atoms with Gasteiger partial charge in [-0.1, -0.05) is 52.3 Å². The summed E-state index contributed by atoms with van der Waals surface area (Å²) in [5, 5.41) is 0. The summed E-state index contributed by atoms with van der Waals surface area (Å²) in [4.78, 5) is 37.8. The van der Waals surface area contributed by atoms with Gasteiger partial charge in [0.1, 0.15) is 12.2 Å². The molecule has 0 aromatic heterocycles. The summed E-state index contributed by atoms with van der Waals surface area (Å²) in [5.41, 5.74) is -0.103. The molecule has 0 unspecified atom stereocenters. The van der Waals surface area contributed by atoms with Crippen molar-refractivity contribution >= 4 is 17.7 Å². The first-order chi connectivity index (χ1) is 19.0. The predicted molar refractivity (Wildman–Crippen MR) is 152 cm³/mol. The van der Waals surface area contributed by atoms with Crippen molar-refractivity contribution in [2.45, 2.75) is 125 Å². The standard InChI is InChI=1S/C34H48O7/c1-18(35)38-27-17-25-30(3,4)26(37)13-15-33(25,8)24-12-14-32(7)21(10-11-23(32)34(24,27)9)20-16-22(28-31(5,6)41-28)40-29(20)39-19(2)36/h11,13,15,20-22,24-25,27-29H,10,12,14,16-17H2,1-9H3/t20-,21-,22+,24+,25-,27+,28-,29+,32-,33+,34-/m0/s1. The number of epoxide rings is 1. The first kappa shape index (κ1) is 29.1. The quantitative estimate of drug-likeness (QED) is 0.235. The van der Waals surface area contributed by atoms with Gasteiger partial charge in [0.05, 0.1) is 11.7 Å². The Morgan fingerprint density at radius 3 is 2.22 bits per heavy atom. The maximum absolute atomic E-state index is 13.1. The zero-order chi connectivity index (χ0) is 29.9. The molecule has 41 heavy (non-hydrogen) atoms. The molecule has 4 fully saturated rings. The van der Waals surface area contributed by atoms with Crippen LogP contribution in [0.2, 0.25) is 0 Å². The van der Waals surface area contributed by atoms with Gasteiger partial charge in [0, 0.05) is 30.6 Å². The Bertz CT molecular complexity index is 1230. The maximum Gasteiger partial charge on any atom is 0.304 e. The number of rotatable bonds is 4. The number of carbonyl (C=O) groups excluding carboxylic acids is 3. The predicted octanol–water partition coefficient (Wildman–Crippen LogP) is 5.95. The lowest BCUT2D eigenvalue weighted by Crippen LogP contribution is -2.64. The second kappa shape index (κ2) is 9.01. The van der Waals surface area contributed by atoms with Crippen molar-refractivity contribution in [1.82, 2.24) is 0 Å². The van der Waals surface area contributed by atoms with E-state index in [-0.39, 0.29) is 81.6 Å². The number of allylic oxidation sites excluding steroid dienone is 3. The van der Waals surface area contributed by atoms with Crippen LogP contribution in [0.1, 0.15) is 94.4 Å². The number of ether oxygens (including phenoxy) is 4. The lowest BCUT2D eigenvalue weighted by molar-refractivity contribution is -0.193. The Morgan fingerprint density at radius 2 is 1.61 bits per heavy atom.